The number of Topliss-reactive ketones (excluding diaryl/α,β-unsaturated/α-hetero) is 1. The molecule has 1 fully saturated rings. The SMILES string of the molecule is CNCC1CC(=O)CCC1(C)C. The maximum atomic E-state index is 11.2. The predicted octanol–water partition coefficient (Wildman–Crippen LogP) is 1.60. The predicted molar refractivity (Wildman–Crippen MR) is 50.1 cm³/mol. The maximum Gasteiger partial charge on any atom is 0.133 e. The van der Waals surface area contributed by atoms with Crippen molar-refractivity contribution in [2.24, 2.45) is 11.3 Å². The summed E-state index contributed by atoms with van der Waals surface area (Å²) in [6, 6.07) is 0. The lowest BCUT2D eigenvalue weighted by Gasteiger charge is -2.37. The molecule has 1 aliphatic rings. The second-order valence-corrected chi connectivity index (χ2v) is 4.49. The summed E-state index contributed by atoms with van der Waals surface area (Å²) in [5, 5.41) is 3.16. The monoisotopic (exact) mass is 169 g/mol. The molecule has 0 amide bonds. The highest BCUT2D eigenvalue weighted by Crippen LogP contribution is 2.38. The Bertz CT molecular complexity index is 175. The summed E-state index contributed by atoms with van der Waals surface area (Å²) in [4.78, 5) is 11.2. The molecule has 1 atom stereocenters. The fourth-order valence-electron chi connectivity index (χ4n) is 1.91. The van der Waals surface area contributed by atoms with Gasteiger partial charge >= 0.3 is 0 Å². The van der Waals surface area contributed by atoms with Crippen LogP contribution in [0.25, 0.3) is 0 Å². The van der Waals surface area contributed by atoms with E-state index in [0.29, 0.717) is 17.1 Å². The third-order valence-corrected chi connectivity index (χ3v) is 3.08. The Balaban J connectivity index is 2.58. The van der Waals surface area contributed by atoms with E-state index in [4.69, 9.17) is 0 Å². The molecule has 1 N–H and O–H groups in total. The van der Waals surface area contributed by atoms with Gasteiger partial charge in [-0.05, 0) is 31.3 Å². The van der Waals surface area contributed by atoms with Gasteiger partial charge in [0.25, 0.3) is 0 Å². The van der Waals surface area contributed by atoms with E-state index in [2.05, 4.69) is 19.2 Å². The second-order valence-electron chi connectivity index (χ2n) is 4.49. The molecule has 1 rings (SSSR count). The van der Waals surface area contributed by atoms with Crippen LogP contribution >= 0.6 is 0 Å². The number of hydrogen-bond donors (Lipinski definition) is 1. The third kappa shape index (κ3) is 2.07. The van der Waals surface area contributed by atoms with Gasteiger partial charge in [-0.15, -0.1) is 0 Å². The first kappa shape index (κ1) is 9.72. The molecule has 12 heavy (non-hydrogen) atoms. The lowest BCUT2D eigenvalue weighted by molar-refractivity contribution is -0.124. The Labute approximate surface area is 74.7 Å². The summed E-state index contributed by atoms with van der Waals surface area (Å²) in [5.74, 6) is 0.971. The van der Waals surface area contributed by atoms with Gasteiger partial charge in [0, 0.05) is 12.8 Å². The van der Waals surface area contributed by atoms with E-state index in [0.717, 1.165) is 25.8 Å². The maximum absolute atomic E-state index is 11.2. The number of ketones is 1. The number of carbonyl (C=O) groups excluding carboxylic acids is 1. The molecule has 0 aliphatic heterocycles. The van der Waals surface area contributed by atoms with Crippen molar-refractivity contribution in [3.63, 3.8) is 0 Å². The van der Waals surface area contributed by atoms with Crippen molar-refractivity contribution in [1.29, 1.82) is 0 Å². The molecule has 1 unspecified atom stereocenters. The fourth-order valence-corrected chi connectivity index (χ4v) is 1.91. The molecular formula is C10H19NO. The topological polar surface area (TPSA) is 29.1 Å². The molecule has 0 aromatic heterocycles. The van der Waals surface area contributed by atoms with Crippen LogP contribution in [-0.2, 0) is 4.79 Å². The zero-order chi connectivity index (χ0) is 9.19. The standard InChI is InChI=1S/C10H19NO/c1-10(2)5-4-9(12)6-8(10)7-11-3/h8,11H,4-7H2,1-3H3. The largest absolute Gasteiger partial charge is 0.319 e. The summed E-state index contributed by atoms with van der Waals surface area (Å²) in [5.41, 5.74) is 0.344. The van der Waals surface area contributed by atoms with Gasteiger partial charge in [-0.1, -0.05) is 13.8 Å². The van der Waals surface area contributed by atoms with Gasteiger partial charge in [0.2, 0.25) is 0 Å². The molecule has 0 bridgehead atoms. The van der Waals surface area contributed by atoms with E-state index in [1.165, 1.54) is 0 Å². The summed E-state index contributed by atoms with van der Waals surface area (Å²) in [7, 11) is 1.95. The summed E-state index contributed by atoms with van der Waals surface area (Å²) >= 11 is 0. The van der Waals surface area contributed by atoms with Gasteiger partial charge in [-0.3, -0.25) is 4.79 Å². The van der Waals surface area contributed by atoms with Crippen LogP contribution in [0.3, 0.4) is 0 Å². The quantitative estimate of drug-likeness (QED) is 0.680. The van der Waals surface area contributed by atoms with Crippen molar-refractivity contribution in [2.45, 2.75) is 33.1 Å². The molecular weight excluding hydrogens is 150 g/mol. The first-order valence-electron chi connectivity index (χ1n) is 4.72. The van der Waals surface area contributed by atoms with E-state index < -0.39 is 0 Å². The number of carbonyl (C=O) groups is 1. The Morgan fingerprint density at radius 3 is 2.83 bits per heavy atom. The third-order valence-electron chi connectivity index (χ3n) is 3.08. The van der Waals surface area contributed by atoms with Crippen LogP contribution in [0.15, 0.2) is 0 Å². The van der Waals surface area contributed by atoms with Crippen molar-refractivity contribution in [3.8, 4) is 0 Å². The van der Waals surface area contributed by atoms with Crippen molar-refractivity contribution in [3.05, 3.63) is 0 Å². The molecule has 0 saturated heterocycles. The molecule has 0 heterocycles. The fraction of sp³-hybridized carbons (Fsp3) is 0.900. The van der Waals surface area contributed by atoms with Gasteiger partial charge in [-0.2, -0.15) is 0 Å². The van der Waals surface area contributed by atoms with E-state index in [1.807, 2.05) is 7.05 Å². The molecule has 70 valence electrons. The lowest BCUT2D eigenvalue weighted by Crippen LogP contribution is -2.37. The van der Waals surface area contributed by atoms with Gasteiger partial charge in [0.15, 0.2) is 0 Å². The number of rotatable bonds is 2. The van der Waals surface area contributed by atoms with Gasteiger partial charge in [-0.25, -0.2) is 0 Å². The van der Waals surface area contributed by atoms with Crippen LogP contribution in [0.1, 0.15) is 33.1 Å². The number of nitrogens with one attached hydrogen (secondary N) is 1. The van der Waals surface area contributed by atoms with Crippen molar-refractivity contribution >= 4 is 5.78 Å². The van der Waals surface area contributed by atoms with Crippen LogP contribution in [-0.4, -0.2) is 19.4 Å². The summed E-state index contributed by atoms with van der Waals surface area (Å²) in [6.07, 6.45) is 2.61. The molecule has 0 aromatic carbocycles. The Kier molecular flexibility index (Phi) is 2.89. The minimum atomic E-state index is 0.344. The molecule has 1 saturated carbocycles. The van der Waals surface area contributed by atoms with Crippen LogP contribution in [0.2, 0.25) is 0 Å². The zero-order valence-corrected chi connectivity index (χ0v) is 8.31. The van der Waals surface area contributed by atoms with E-state index >= 15 is 0 Å². The first-order valence-corrected chi connectivity index (χ1v) is 4.72. The van der Waals surface area contributed by atoms with E-state index in [-0.39, 0.29) is 0 Å². The molecule has 0 spiro atoms. The van der Waals surface area contributed by atoms with Crippen LogP contribution in [0.4, 0.5) is 0 Å². The molecule has 2 heteroatoms. The average molecular weight is 169 g/mol. The number of hydrogen-bond acceptors (Lipinski definition) is 2. The molecule has 0 aromatic rings. The van der Waals surface area contributed by atoms with Crippen molar-refractivity contribution in [1.82, 2.24) is 5.32 Å². The van der Waals surface area contributed by atoms with Crippen molar-refractivity contribution < 1.29 is 4.79 Å². The summed E-state index contributed by atoms with van der Waals surface area (Å²) < 4.78 is 0. The zero-order valence-electron chi connectivity index (χ0n) is 8.31. The van der Waals surface area contributed by atoms with Gasteiger partial charge < -0.3 is 5.32 Å². The second kappa shape index (κ2) is 3.56. The van der Waals surface area contributed by atoms with Gasteiger partial charge in [0.1, 0.15) is 5.78 Å². The van der Waals surface area contributed by atoms with E-state index in [1.54, 1.807) is 0 Å². The van der Waals surface area contributed by atoms with Crippen molar-refractivity contribution in [2.75, 3.05) is 13.6 Å². The average Bonchev–Trinajstić information content (AvgIpc) is 1.98. The Morgan fingerprint density at radius 2 is 2.25 bits per heavy atom. The highest BCUT2D eigenvalue weighted by molar-refractivity contribution is 5.79. The van der Waals surface area contributed by atoms with E-state index in [9.17, 15) is 4.79 Å². The smallest absolute Gasteiger partial charge is 0.133 e. The minimum Gasteiger partial charge on any atom is -0.319 e. The summed E-state index contributed by atoms with van der Waals surface area (Å²) in [6.45, 7) is 5.50. The van der Waals surface area contributed by atoms with Crippen LogP contribution in [0.5, 0.6) is 0 Å². The highest BCUT2D eigenvalue weighted by Gasteiger charge is 2.34. The molecule has 0 radical (unpaired) electrons. The minimum absolute atomic E-state index is 0.344. The van der Waals surface area contributed by atoms with Crippen LogP contribution < -0.4 is 5.32 Å². The van der Waals surface area contributed by atoms with Gasteiger partial charge in [0.05, 0.1) is 0 Å². The highest BCUT2D eigenvalue weighted by atomic mass is 16.1. The normalized spacial score (nSPS) is 28.9. The Hall–Kier alpha value is -0.370. The van der Waals surface area contributed by atoms with Crippen LogP contribution in [0, 0.1) is 11.3 Å². The molecule has 2 nitrogen and oxygen atoms in total. The Morgan fingerprint density at radius 1 is 1.58 bits per heavy atom. The molecule has 1 aliphatic carbocycles. The first-order chi connectivity index (χ1) is 5.56. The lowest BCUT2D eigenvalue weighted by atomic mass is 9.68.